The van der Waals surface area contributed by atoms with Crippen molar-refractivity contribution in [3.8, 4) is 11.8 Å². The summed E-state index contributed by atoms with van der Waals surface area (Å²) in [5.74, 6) is 5.36. The number of carboxylic acids is 1. The number of hydrogen-bond acceptors (Lipinski definition) is 6. The SMILES string of the molecule is CC(C)(C)C#Cc1cc(N(C(=O)c2ccc(Cl)cc2Cl)C2CCN(c3ncccn3)CC2)c(C(=O)O)s1. The van der Waals surface area contributed by atoms with Crippen molar-refractivity contribution in [3.05, 3.63) is 68.1 Å². The molecule has 0 bridgehead atoms. The van der Waals surface area contributed by atoms with Gasteiger partial charge in [0, 0.05) is 42.0 Å². The molecule has 0 aliphatic carbocycles. The first-order chi connectivity index (χ1) is 17.5. The second-order valence-corrected chi connectivity index (χ2v) is 11.6. The van der Waals surface area contributed by atoms with Crippen molar-refractivity contribution in [3.63, 3.8) is 0 Å². The lowest BCUT2D eigenvalue weighted by Crippen LogP contribution is -2.48. The fourth-order valence-corrected chi connectivity index (χ4v) is 5.40. The Balaban J connectivity index is 1.74. The summed E-state index contributed by atoms with van der Waals surface area (Å²) >= 11 is 13.5. The van der Waals surface area contributed by atoms with Gasteiger partial charge in [-0.15, -0.1) is 11.3 Å². The van der Waals surface area contributed by atoms with Crippen LogP contribution in [0.5, 0.6) is 0 Å². The van der Waals surface area contributed by atoms with Crippen LogP contribution in [-0.2, 0) is 0 Å². The number of thiophene rings is 1. The van der Waals surface area contributed by atoms with Crippen LogP contribution < -0.4 is 9.80 Å². The Labute approximate surface area is 230 Å². The molecule has 192 valence electrons. The molecule has 0 atom stereocenters. The largest absolute Gasteiger partial charge is 0.477 e. The molecular weight excluding hydrogens is 531 g/mol. The van der Waals surface area contributed by atoms with Crippen LogP contribution in [0.1, 0.15) is 58.5 Å². The zero-order chi connectivity index (χ0) is 26.7. The zero-order valence-electron chi connectivity index (χ0n) is 20.7. The molecule has 1 aliphatic rings. The third-order valence-corrected chi connectivity index (χ3v) is 7.35. The summed E-state index contributed by atoms with van der Waals surface area (Å²) in [4.78, 5) is 39.2. The van der Waals surface area contributed by atoms with E-state index in [9.17, 15) is 14.7 Å². The third-order valence-electron chi connectivity index (χ3n) is 5.77. The fourth-order valence-electron chi connectivity index (χ4n) is 4.07. The molecule has 2 aromatic heterocycles. The first-order valence-electron chi connectivity index (χ1n) is 11.7. The Morgan fingerprint density at radius 1 is 1.14 bits per heavy atom. The number of carbonyl (C=O) groups excluding carboxylic acids is 1. The van der Waals surface area contributed by atoms with Crippen LogP contribution in [0.4, 0.5) is 11.6 Å². The normalized spacial score (nSPS) is 14.1. The van der Waals surface area contributed by atoms with Crippen molar-refractivity contribution in [2.24, 2.45) is 5.41 Å². The number of carboxylic acid groups (broad SMARTS) is 1. The lowest BCUT2D eigenvalue weighted by Gasteiger charge is -2.38. The van der Waals surface area contributed by atoms with Crippen molar-refractivity contribution in [2.75, 3.05) is 22.9 Å². The van der Waals surface area contributed by atoms with Crippen LogP contribution in [-0.4, -0.2) is 46.1 Å². The molecule has 1 fully saturated rings. The summed E-state index contributed by atoms with van der Waals surface area (Å²) in [5, 5.41) is 10.7. The quantitative estimate of drug-likeness (QED) is 0.373. The van der Waals surface area contributed by atoms with Gasteiger partial charge >= 0.3 is 5.97 Å². The number of amides is 1. The van der Waals surface area contributed by atoms with Gasteiger partial charge in [-0.1, -0.05) is 35.0 Å². The van der Waals surface area contributed by atoms with Crippen molar-refractivity contribution in [1.29, 1.82) is 0 Å². The first-order valence-corrected chi connectivity index (χ1v) is 13.3. The summed E-state index contributed by atoms with van der Waals surface area (Å²) in [5.41, 5.74) is 0.317. The number of benzene rings is 1. The van der Waals surface area contributed by atoms with E-state index in [4.69, 9.17) is 23.2 Å². The number of hydrogen-bond donors (Lipinski definition) is 1. The van der Waals surface area contributed by atoms with Gasteiger partial charge in [0.2, 0.25) is 5.95 Å². The minimum atomic E-state index is -1.11. The van der Waals surface area contributed by atoms with Gasteiger partial charge < -0.3 is 14.9 Å². The van der Waals surface area contributed by atoms with Gasteiger partial charge in [-0.25, -0.2) is 14.8 Å². The highest BCUT2D eigenvalue weighted by Crippen LogP contribution is 2.36. The highest BCUT2D eigenvalue weighted by atomic mass is 35.5. The van der Waals surface area contributed by atoms with E-state index in [1.54, 1.807) is 41.6 Å². The van der Waals surface area contributed by atoms with Crippen molar-refractivity contribution in [1.82, 2.24) is 9.97 Å². The van der Waals surface area contributed by atoms with E-state index < -0.39 is 5.97 Å². The van der Waals surface area contributed by atoms with Crippen LogP contribution in [0, 0.1) is 17.3 Å². The van der Waals surface area contributed by atoms with Crippen LogP contribution in [0.3, 0.4) is 0 Å². The maximum atomic E-state index is 14.0. The highest BCUT2D eigenvalue weighted by molar-refractivity contribution is 7.15. The molecule has 1 saturated heterocycles. The molecule has 1 aromatic carbocycles. The van der Waals surface area contributed by atoms with E-state index in [1.165, 1.54) is 6.07 Å². The van der Waals surface area contributed by atoms with Gasteiger partial charge in [0.05, 0.1) is 21.2 Å². The maximum absolute atomic E-state index is 14.0. The molecule has 0 unspecified atom stereocenters. The molecule has 37 heavy (non-hydrogen) atoms. The molecule has 1 aliphatic heterocycles. The van der Waals surface area contributed by atoms with E-state index in [0.717, 1.165) is 11.3 Å². The Morgan fingerprint density at radius 3 is 2.41 bits per heavy atom. The van der Waals surface area contributed by atoms with Crippen LogP contribution in [0.15, 0.2) is 42.7 Å². The molecule has 3 heterocycles. The summed E-state index contributed by atoms with van der Waals surface area (Å²) in [6.45, 7) is 7.16. The number of halogens is 2. The van der Waals surface area contributed by atoms with E-state index in [-0.39, 0.29) is 32.8 Å². The van der Waals surface area contributed by atoms with Crippen molar-refractivity contribution >= 4 is 58.1 Å². The van der Waals surface area contributed by atoms with E-state index in [0.29, 0.717) is 47.5 Å². The lowest BCUT2D eigenvalue weighted by atomic mass is 9.98. The Bertz CT molecular complexity index is 1370. The van der Waals surface area contributed by atoms with Gasteiger partial charge in [-0.3, -0.25) is 4.79 Å². The van der Waals surface area contributed by atoms with Crippen LogP contribution >= 0.6 is 34.5 Å². The zero-order valence-corrected chi connectivity index (χ0v) is 23.0. The molecule has 3 aromatic rings. The Hall–Kier alpha value is -3.12. The van der Waals surface area contributed by atoms with E-state index >= 15 is 0 Å². The molecule has 7 nitrogen and oxygen atoms in total. The van der Waals surface area contributed by atoms with Gasteiger partial charge in [-0.05, 0) is 63.9 Å². The smallest absolute Gasteiger partial charge is 0.348 e. The molecule has 10 heteroatoms. The predicted molar refractivity (Wildman–Crippen MR) is 148 cm³/mol. The van der Waals surface area contributed by atoms with E-state index in [2.05, 4.69) is 26.7 Å². The standard InChI is InChI=1S/C27H26Cl2N4O3S/c1-27(2,3)10-7-19-16-22(23(37-19)25(35)36)33(24(34)20-6-5-17(28)15-21(20)29)18-8-13-32(14-9-18)26-30-11-4-12-31-26/h4-6,11-12,15-16,18H,8-9,13-14H2,1-3H3,(H,35,36). The lowest BCUT2D eigenvalue weighted by molar-refractivity contribution is 0.0703. The number of aromatic nitrogens is 2. The predicted octanol–water partition coefficient (Wildman–Crippen LogP) is 6.26. The molecule has 1 amide bonds. The first kappa shape index (κ1) is 26.9. The second-order valence-electron chi connectivity index (χ2n) is 9.70. The van der Waals surface area contributed by atoms with Gasteiger partial charge in [-0.2, -0.15) is 0 Å². The minimum absolute atomic E-state index is 0.0606. The minimum Gasteiger partial charge on any atom is -0.477 e. The van der Waals surface area contributed by atoms with Gasteiger partial charge in [0.1, 0.15) is 4.88 Å². The van der Waals surface area contributed by atoms with Crippen LogP contribution in [0.2, 0.25) is 10.0 Å². The summed E-state index contributed by atoms with van der Waals surface area (Å²) in [6.07, 6.45) is 4.56. The van der Waals surface area contributed by atoms with Crippen molar-refractivity contribution < 1.29 is 14.7 Å². The molecular formula is C27H26Cl2N4O3S. The molecule has 4 rings (SSSR count). The maximum Gasteiger partial charge on any atom is 0.348 e. The monoisotopic (exact) mass is 556 g/mol. The number of rotatable bonds is 5. The molecule has 0 radical (unpaired) electrons. The summed E-state index contributed by atoms with van der Waals surface area (Å²) in [7, 11) is 0. The summed E-state index contributed by atoms with van der Waals surface area (Å²) in [6, 6.07) is 7.86. The summed E-state index contributed by atoms with van der Waals surface area (Å²) < 4.78 is 0. The highest BCUT2D eigenvalue weighted by Gasteiger charge is 2.35. The molecule has 0 spiro atoms. The number of aromatic carboxylic acids is 1. The fraction of sp³-hybridized carbons (Fsp3) is 0.333. The Morgan fingerprint density at radius 2 is 1.81 bits per heavy atom. The average Bonchev–Trinajstić information content (AvgIpc) is 3.28. The number of piperidine rings is 1. The molecule has 0 saturated carbocycles. The average molecular weight is 558 g/mol. The number of carbonyl (C=O) groups is 2. The van der Waals surface area contributed by atoms with Gasteiger partial charge in [0.15, 0.2) is 0 Å². The third kappa shape index (κ3) is 6.42. The van der Waals surface area contributed by atoms with Gasteiger partial charge in [0.25, 0.3) is 5.91 Å². The number of anilines is 2. The molecule has 1 N–H and O–H groups in total. The van der Waals surface area contributed by atoms with E-state index in [1.807, 2.05) is 20.8 Å². The van der Waals surface area contributed by atoms with Crippen molar-refractivity contribution in [2.45, 2.75) is 39.7 Å². The Kier molecular flexibility index (Phi) is 8.08. The number of nitrogens with zero attached hydrogens (tertiary/aromatic N) is 4. The second kappa shape index (κ2) is 11.1. The topological polar surface area (TPSA) is 86.6 Å². The van der Waals surface area contributed by atoms with Crippen LogP contribution in [0.25, 0.3) is 0 Å².